The van der Waals surface area contributed by atoms with Gasteiger partial charge in [0.2, 0.25) is 5.91 Å². The molecule has 2 rings (SSSR count). The lowest BCUT2D eigenvalue weighted by Crippen LogP contribution is -2.34. The number of hydrogen-bond acceptors (Lipinski definition) is 4. The van der Waals surface area contributed by atoms with Gasteiger partial charge in [0.05, 0.1) is 12.7 Å². The Morgan fingerprint density at radius 3 is 2.76 bits per heavy atom. The molecule has 1 aliphatic heterocycles. The maximum atomic E-state index is 12.4. The van der Waals surface area contributed by atoms with Crippen molar-refractivity contribution in [3.63, 3.8) is 0 Å². The van der Waals surface area contributed by atoms with Crippen molar-refractivity contribution in [1.29, 1.82) is 0 Å². The predicted molar refractivity (Wildman–Crippen MR) is 79.4 cm³/mol. The highest BCUT2D eigenvalue weighted by Gasteiger charge is 2.41. The van der Waals surface area contributed by atoms with Crippen LogP contribution in [0.25, 0.3) is 0 Å². The van der Waals surface area contributed by atoms with E-state index in [1.54, 1.807) is 11.0 Å². The van der Waals surface area contributed by atoms with E-state index in [4.69, 9.17) is 0 Å². The summed E-state index contributed by atoms with van der Waals surface area (Å²) in [5, 5.41) is 20.8. The minimum absolute atomic E-state index is 0.00804. The van der Waals surface area contributed by atoms with Gasteiger partial charge in [-0.05, 0) is 12.8 Å². The smallest absolute Gasteiger partial charge is 0.246 e. The largest absolute Gasteiger partial charge is 0.381 e. The summed E-state index contributed by atoms with van der Waals surface area (Å²) in [6.45, 7) is 5.06. The number of hydrogen-bond donors (Lipinski definition) is 2. The first-order valence-corrected chi connectivity index (χ1v) is 7.66. The number of allylic oxidation sites excluding steroid dienone is 1. The summed E-state index contributed by atoms with van der Waals surface area (Å²) < 4.78 is 0. The Bertz CT molecular complexity index is 490. The number of likely N-dealkylation sites (tertiary alicyclic amines) is 1. The van der Waals surface area contributed by atoms with Crippen LogP contribution < -0.4 is 0 Å². The lowest BCUT2D eigenvalue weighted by molar-refractivity contribution is -0.126. The zero-order valence-corrected chi connectivity index (χ0v) is 12.8. The van der Waals surface area contributed by atoms with Gasteiger partial charge in [0.25, 0.3) is 0 Å². The number of β-amino-alcohol motifs (C(OH)–C–C–N with tert-alkyl or cyclic N) is 1. The normalized spacial score (nSPS) is 21.6. The highest BCUT2D eigenvalue weighted by atomic mass is 16.3. The maximum absolute atomic E-state index is 12.4. The van der Waals surface area contributed by atoms with Gasteiger partial charge in [0, 0.05) is 19.0 Å². The standard InChI is InChI=1S/C15H24N4O2/c1-3-5-12(6-4-2)9-14(20)19-8-7-15(21,11-19)13-10-16-18-17-13/h9-10,21H,3-8,11H2,1-2H3,(H,16,17,18)/t15-/m0/s1. The minimum atomic E-state index is -1.08. The summed E-state index contributed by atoms with van der Waals surface area (Å²) in [5.74, 6) is -0.00804. The molecule has 1 amide bonds. The van der Waals surface area contributed by atoms with E-state index in [0.29, 0.717) is 18.7 Å². The predicted octanol–water partition coefficient (Wildman–Crippen LogP) is 1.75. The summed E-state index contributed by atoms with van der Waals surface area (Å²) in [4.78, 5) is 14.1. The fourth-order valence-electron chi connectivity index (χ4n) is 2.79. The third-order valence-corrected chi connectivity index (χ3v) is 3.92. The van der Waals surface area contributed by atoms with Gasteiger partial charge in [0.1, 0.15) is 11.3 Å². The second-order valence-corrected chi connectivity index (χ2v) is 5.70. The molecule has 0 bridgehead atoms. The van der Waals surface area contributed by atoms with E-state index in [0.717, 1.165) is 25.7 Å². The number of carbonyl (C=O) groups excluding carboxylic acids is 1. The Hall–Kier alpha value is -1.69. The van der Waals surface area contributed by atoms with Crippen molar-refractivity contribution < 1.29 is 9.90 Å². The van der Waals surface area contributed by atoms with Crippen molar-refractivity contribution in [3.05, 3.63) is 23.5 Å². The molecular formula is C15H24N4O2. The van der Waals surface area contributed by atoms with Crippen molar-refractivity contribution in [2.24, 2.45) is 0 Å². The van der Waals surface area contributed by atoms with Crippen LogP contribution in [0.4, 0.5) is 0 Å². The number of amides is 1. The first-order valence-electron chi connectivity index (χ1n) is 7.66. The van der Waals surface area contributed by atoms with Crippen LogP contribution in [0.5, 0.6) is 0 Å². The highest BCUT2D eigenvalue weighted by Crippen LogP contribution is 2.30. The summed E-state index contributed by atoms with van der Waals surface area (Å²) >= 11 is 0. The Morgan fingerprint density at radius 1 is 1.48 bits per heavy atom. The fraction of sp³-hybridized carbons (Fsp3) is 0.667. The van der Waals surface area contributed by atoms with Crippen LogP contribution in [-0.4, -0.2) is 44.4 Å². The molecule has 1 aromatic rings. The highest BCUT2D eigenvalue weighted by molar-refractivity contribution is 5.88. The SMILES string of the molecule is CCCC(=CC(=O)N1CC[C@@](O)(c2cn[nH]n2)C1)CCC. The molecule has 1 atom stereocenters. The summed E-state index contributed by atoms with van der Waals surface area (Å²) in [6, 6.07) is 0. The quantitative estimate of drug-likeness (QED) is 0.783. The van der Waals surface area contributed by atoms with E-state index >= 15 is 0 Å². The molecule has 2 heterocycles. The van der Waals surface area contributed by atoms with Crippen molar-refractivity contribution in [2.75, 3.05) is 13.1 Å². The van der Waals surface area contributed by atoms with Gasteiger partial charge in [0.15, 0.2) is 0 Å². The molecule has 6 nitrogen and oxygen atoms in total. The van der Waals surface area contributed by atoms with Crippen LogP contribution in [0.3, 0.4) is 0 Å². The Balaban J connectivity index is 2.03. The molecule has 21 heavy (non-hydrogen) atoms. The van der Waals surface area contributed by atoms with Crippen LogP contribution in [0.15, 0.2) is 17.8 Å². The molecule has 0 spiro atoms. The number of aromatic amines is 1. The first kappa shape index (κ1) is 15.7. The van der Waals surface area contributed by atoms with Crippen LogP contribution in [-0.2, 0) is 10.4 Å². The van der Waals surface area contributed by atoms with Gasteiger partial charge < -0.3 is 10.0 Å². The molecule has 0 radical (unpaired) electrons. The van der Waals surface area contributed by atoms with Gasteiger partial charge in [-0.3, -0.25) is 4.79 Å². The Morgan fingerprint density at radius 2 is 2.19 bits per heavy atom. The second-order valence-electron chi connectivity index (χ2n) is 5.70. The van der Waals surface area contributed by atoms with E-state index in [9.17, 15) is 9.90 Å². The molecule has 2 N–H and O–H groups in total. The number of nitrogens with one attached hydrogen (secondary N) is 1. The molecule has 1 aliphatic rings. The van der Waals surface area contributed by atoms with Crippen LogP contribution in [0, 0.1) is 0 Å². The van der Waals surface area contributed by atoms with Gasteiger partial charge in [-0.1, -0.05) is 32.3 Å². The lowest BCUT2D eigenvalue weighted by Gasteiger charge is -2.20. The molecule has 6 heteroatoms. The van der Waals surface area contributed by atoms with E-state index in [2.05, 4.69) is 29.3 Å². The molecule has 0 aromatic carbocycles. The molecule has 1 saturated heterocycles. The van der Waals surface area contributed by atoms with Crippen molar-refractivity contribution in [2.45, 2.75) is 51.6 Å². The third kappa shape index (κ3) is 3.69. The van der Waals surface area contributed by atoms with E-state index in [1.807, 2.05) is 0 Å². The van der Waals surface area contributed by atoms with Crippen molar-refractivity contribution >= 4 is 5.91 Å². The van der Waals surface area contributed by atoms with Gasteiger partial charge in [-0.25, -0.2) is 0 Å². The van der Waals surface area contributed by atoms with Crippen LogP contribution in [0.2, 0.25) is 0 Å². The second kappa shape index (κ2) is 6.85. The average Bonchev–Trinajstić information content (AvgIpc) is 3.09. The molecule has 116 valence electrons. The fourth-order valence-corrected chi connectivity index (χ4v) is 2.79. The monoisotopic (exact) mass is 292 g/mol. The summed E-state index contributed by atoms with van der Waals surface area (Å²) in [6.07, 6.45) is 7.77. The topological polar surface area (TPSA) is 82.1 Å². The number of aromatic nitrogens is 3. The zero-order valence-electron chi connectivity index (χ0n) is 12.8. The lowest BCUT2D eigenvalue weighted by atomic mass is 10.00. The number of aliphatic hydroxyl groups is 1. The number of carbonyl (C=O) groups is 1. The minimum Gasteiger partial charge on any atom is -0.381 e. The average molecular weight is 292 g/mol. The summed E-state index contributed by atoms with van der Waals surface area (Å²) in [5.41, 5.74) is 0.623. The number of nitrogens with zero attached hydrogens (tertiary/aromatic N) is 3. The van der Waals surface area contributed by atoms with Crippen molar-refractivity contribution in [1.82, 2.24) is 20.3 Å². The Labute approximate surface area is 125 Å². The molecular weight excluding hydrogens is 268 g/mol. The van der Waals surface area contributed by atoms with Gasteiger partial charge in [-0.2, -0.15) is 15.4 Å². The first-order chi connectivity index (χ1) is 10.1. The van der Waals surface area contributed by atoms with E-state index in [1.165, 1.54) is 11.8 Å². The number of rotatable bonds is 6. The van der Waals surface area contributed by atoms with Gasteiger partial charge in [-0.15, -0.1) is 0 Å². The van der Waals surface area contributed by atoms with E-state index in [-0.39, 0.29) is 12.5 Å². The maximum Gasteiger partial charge on any atom is 0.246 e. The van der Waals surface area contributed by atoms with E-state index < -0.39 is 5.60 Å². The summed E-state index contributed by atoms with van der Waals surface area (Å²) in [7, 11) is 0. The molecule has 1 aromatic heterocycles. The molecule has 1 fully saturated rings. The molecule has 0 unspecified atom stereocenters. The number of H-pyrrole nitrogens is 1. The van der Waals surface area contributed by atoms with Crippen LogP contribution in [0.1, 0.15) is 51.6 Å². The third-order valence-electron chi connectivity index (χ3n) is 3.92. The molecule has 0 aliphatic carbocycles. The molecule has 0 saturated carbocycles. The zero-order chi connectivity index (χ0) is 15.3. The van der Waals surface area contributed by atoms with Crippen LogP contribution >= 0.6 is 0 Å². The Kier molecular flexibility index (Phi) is 5.12. The van der Waals surface area contributed by atoms with Crippen molar-refractivity contribution in [3.8, 4) is 0 Å². The van der Waals surface area contributed by atoms with Gasteiger partial charge >= 0.3 is 0 Å².